The van der Waals surface area contributed by atoms with Crippen LogP contribution in [0.4, 0.5) is 5.69 Å². The predicted molar refractivity (Wildman–Crippen MR) is 81.5 cm³/mol. The molecule has 0 aliphatic carbocycles. The fourth-order valence-electron chi connectivity index (χ4n) is 2.83. The molecule has 0 saturated carbocycles. The normalized spacial score (nSPS) is 21.1. The second-order valence-electron chi connectivity index (χ2n) is 5.26. The molecule has 1 aliphatic rings. The van der Waals surface area contributed by atoms with Crippen molar-refractivity contribution < 1.29 is 0 Å². The largest absolute Gasteiger partial charge is 0.398 e. The monoisotopic (exact) mass is 310 g/mol. The molecule has 0 bridgehead atoms. The molecule has 1 heterocycles. The van der Waals surface area contributed by atoms with Crippen LogP contribution in [-0.2, 0) is 6.54 Å². The average Bonchev–Trinajstić information content (AvgIpc) is 2.37. The Labute approximate surface area is 119 Å². The second-order valence-corrected chi connectivity index (χ2v) is 6.12. The van der Waals surface area contributed by atoms with E-state index in [4.69, 9.17) is 5.73 Å². The van der Waals surface area contributed by atoms with Gasteiger partial charge in [0.05, 0.1) is 0 Å². The first-order valence-corrected chi connectivity index (χ1v) is 7.78. The molecule has 1 aromatic rings. The highest BCUT2D eigenvalue weighted by molar-refractivity contribution is 9.10. The third-order valence-corrected chi connectivity index (χ3v) is 4.51. The maximum absolute atomic E-state index is 5.84. The molecule has 1 atom stereocenters. The fraction of sp³-hybridized carbons (Fsp3) is 0.600. The molecule has 3 heteroatoms. The Morgan fingerprint density at radius 1 is 1.39 bits per heavy atom. The molecule has 100 valence electrons. The Balaban J connectivity index is 2.03. The van der Waals surface area contributed by atoms with Gasteiger partial charge in [-0.15, -0.1) is 0 Å². The molecular formula is C15H23BrN2. The van der Waals surface area contributed by atoms with Gasteiger partial charge in [-0.3, -0.25) is 4.90 Å². The number of hydrogen-bond donors (Lipinski definition) is 1. The molecule has 1 saturated heterocycles. The van der Waals surface area contributed by atoms with E-state index in [0.29, 0.717) is 0 Å². The van der Waals surface area contributed by atoms with E-state index in [-0.39, 0.29) is 0 Å². The molecular weight excluding hydrogens is 288 g/mol. The van der Waals surface area contributed by atoms with E-state index in [1.807, 2.05) is 6.07 Å². The number of nitrogens with zero attached hydrogens (tertiary/aromatic N) is 1. The molecule has 1 aliphatic heterocycles. The second kappa shape index (κ2) is 6.58. The van der Waals surface area contributed by atoms with Gasteiger partial charge in [-0.1, -0.05) is 25.8 Å². The maximum atomic E-state index is 5.84. The van der Waals surface area contributed by atoms with Gasteiger partial charge in [0.1, 0.15) is 0 Å². The van der Waals surface area contributed by atoms with E-state index >= 15 is 0 Å². The lowest BCUT2D eigenvalue weighted by Gasteiger charge is -2.35. The van der Waals surface area contributed by atoms with E-state index in [1.165, 1.54) is 44.2 Å². The quantitative estimate of drug-likeness (QED) is 0.845. The summed E-state index contributed by atoms with van der Waals surface area (Å²) < 4.78 is 1.02. The summed E-state index contributed by atoms with van der Waals surface area (Å²) in [5.74, 6) is 0. The van der Waals surface area contributed by atoms with E-state index < -0.39 is 0 Å². The smallest absolute Gasteiger partial charge is 0.0458 e. The summed E-state index contributed by atoms with van der Waals surface area (Å²) in [6.07, 6.45) is 6.72. The first-order valence-electron chi connectivity index (χ1n) is 6.98. The molecule has 0 aromatic heterocycles. The summed E-state index contributed by atoms with van der Waals surface area (Å²) in [5, 5.41) is 0. The number of nitrogen functional groups attached to an aromatic ring is 1. The molecule has 1 aromatic carbocycles. The number of likely N-dealkylation sites (tertiary alicyclic amines) is 1. The number of nitrogens with two attached hydrogens (primary N) is 1. The van der Waals surface area contributed by atoms with E-state index in [0.717, 1.165) is 22.7 Å². The Morgan fingerprint density at radius 3 is 2.94 bits per heavy atom. The number of rotatable bonds is 4. The van der Waals surface area contributed by atoms with Crippen LogP contribution in [0.1, 0.15) is 44.6 Å². The van der Waals surface area contributed by atoms with Gasteiger partial charge in [0.2, 0.25) is 0 Å². The van der Waals surface area contributed by atoms with Gasteiger partial charge in [-0.2, -0.15) is 0 Å². The minimum Gasteiger partial charge on any atom is -0.398 e. The van der Waals surface area contributed by atoms with Gasteiger partial charge in [0.15, 0.2) is 0 Å². The van der Waals surface area contributed by atoms with Gasteiger partial charge in [-0.25, -0.2) is 0 Å². The van der Waals surface area contributed by atoms with Crippen LogP contribution in [0, 0.1) is 0 Å². The molecule has 0 spiro atoms. The van der Waals surface area contributed by atoms with Gasteiger partial charge in [0.25, 0.3) is 0 Å². The topological polar surface area (TPSA) is 29.3 Å². The third-order valence-electron chi connectivity index (χ3n) is 3.82. The number of anilines is 1. The molecule has 0 radical (unpaired) electrons. The molecule has 2 nitrogen and oxygen atoms in total. The lowest BCUT2D eigenvalue weighted by Crippen LogP contribution is -2.38. The highest BCUT2D eigenvalue weighted by Crippen LogP contribution is 2.25. The Hall–Kier alpha value is -0.540. The van der Waals surface area contributed by atoms with Crippen LogP contribution in [0.15, 0.2) is 22.7 Å². The molecule has 0 amide bonds. The van der Waals surface area contributed by atoms with Crippen LogP contribution in [0.25, 0.3) is 0 Å². The van der Waals surface area contributed by atoms with Crippen molar-refractivity contribution in [1.29, 1.82) is 0 Å². The maximum Gasteiger partial charge on any atom is 0.0458 e. The lowest BCUT2D eigenvalue weighted by molar-refractivity contribution is 0.131. The SMILES string of the molecule is CCCC1CCCCN1Cc1ccc(N)c(Br)c1. The minimum atomic E-state index is 0.778. The summed E-state index contributed by atoms with van der Waals surface area (Å²) in [4.78, 5) is 2.64. The molecule has 2 rings (SSSR count). The summed E-state index contributed by atoms with van der Waals surface area (Å²) in [6.45, 7) is 4.59. The van der Waals surface area contributed by atoms with Crippen LogP contribution in [0.3, 0.4) is 0 Å². The van der Waals surface area contributed by atoms with Crippen LogP contribution in [0.2, 0.25) is 0 Å². The van der Waals surface area contributed by atoms with Crippen molar-refractivity contribution in [1.82, 2.24) is 4.90 Å². The summed E-state index contributed by atoms with van der Waals surface area (Å²) in [7, 11) is 0. The van der Waals surface area contributed by atoms with E-state index in [2.05, 4.69) is 39.9 Å². The highest BCUT2D eigenvalue weighted by atomic mass is 79.9. The number of halogens is 1. The summed E-state index contributed by atoms with van der Waals surface area (Å²) >= 11 is 3.51. The fourth-order valence-corrected chi connectivity index (χ4v) is 3.26. The molecule has 18 heavy (non-hydrogen) atoms. The van der Waals surface area contributed by atoms with Crippen molar-refractivity contribution in [3.8, 4) is 0 Å². The van der Waals surface area contributed by atoms with Gasteiger partial charge >= 0.3 is 0 Å². The zero-order chi connectivity index (χ0) is 13.0. The standard InChI is InChI=1S/C15H23BrN2/c1-2-5-13-6-3-4-9-18(13)11-12-7-8-15(17)14(16)10-12/h7-8,10,13H,2-6,9,11,17H2,1H3. The van der Waals surface area contributed by atoms with Gasteiger partial charge in [-0.05, 0) is 59.4 Å². The van der Waals surface area contributed by atoms with Crippen molar-refractivity contribution in [3.63, 3.8) is 0 Å². The van der Waals surface area contributed by atoms with Crippen LogP contribution in [-0.4, -0.2) is 17.5 Å². The Kier molecular flexibility index (Phi) is 5.07. The van der Waals surface area contributed by atoms with Gasteiger partial charge in [0, 0.05) is 22.7 Å². The van der Waals surface area contributed by atoms with E-state index in [9.17, 15) is 0 Å². The van der Waals surface area contributed by atoms with Crippen molar-refractivity contribution in [2.24, 2.45) is 0 Å². The molecule has 1 unspecified atom stereocenters. The number of piperidine rings is 1. The third kappa shape index (κ3) is 3.48. The predicted octanol–water partition coefficient (Wildman–Crippen LogP) is 4.19. The zero-order valence-electron chi connectivity index (χ0n) is 11.2. The average molecular weight is 311 g/mol. The van der Waals surface area contributed by atoms with Crippen LogP contribution in [0.5, 0.6) is 0 Å². The van der Waals surface area contributed by atoms with Crippen LogP contribution < -0.4 is 5.73 Å². The zero-order valence-corrected chi connectivity index (χ0v) is 12.7. The number of hydrogen-bond acceptors (Lipinski definition) is 2. The number of benzene rings is 1. The summed E-state index contributed by atoms with van der Waals surface area (Å²) in [5.41, 5.74) is 8.02. The first-order chi connectivity index (χ1) is 8.70. The Morgan fingerprint density at radius 2 is 2.22 bits per heavy atom. The molecule has 2 N–H and O–H groups in total. The summed E-state index contributed by atoms with van der Waals surface area (Å²) in [6, 6.07) is 7.09. The van der Waals surface area contributed by atoms with Crippen molar-refractivity contribution in [2.75, 3.05) is 12.3 Å². The first kappa shape index (κ1) is 13.9. The minimum absolute atomic E-state index is 0.778. The van der Waals surface area contributed by atoms with Gasteiger partial charge < -0.3 is 5.73 Å². The van der Waals surface area contributed by atoms with Crippen molar-refractivity contribution >= 4 is 21.6 Å². The van der Waals surface area contributed by atoms with E-state index in [1.54, 1.807) is 0 Å². The molecule has 1 fully saturated rings. The lowest BCUT2D eigenvalue weighted by atomic mass is 9.97. The highest BCUT2D eigenvalue weighted by Gasteiger charge is 2.21. The van der Waals surface area contributed by atoms with Crippen molar-refractivity contribution in [2.45, 2.75) is 51.6 Å². The van der Waals surface area contributed by atoms with Crippen molar-refractivity contribution in [3.05, 3.63) is 28.2 Å². The van der Waals surface area contributed by atoms with Crippen LogP contribution >= 0.6 is 15.9 Å². The Bertz CT molecular complexity index is 390.